The third-order valence-electron chi connectivity index (χ3n) is 3.14. The van der Waals surface area contributed by atoms with Crippen molar-refractivity contribution < 1.29 is 4.79 Å². The van der Waals surface area contributed by atoms with Crippen molar-refractivity contribution in [2.24, 2.45) is 0 Å². The maximum atomic E-state index is 12.1. The Labute approximate surface area is 141 Å². The lowest BCUT2D eigenvalue weighted by atomic mass is 10.2. The number of hydrogen-bond acceptors (Lipinski definition) is 5. The van der Waals surface area contributed by atoms with Gasteiger partial charge in [-0.1, -0.05) is 23.9 Å². The van der Waals surface area contributed by atoms with Gasteiger partial charge in [0.25, 0.3) is 0 Å². The molecular weight excluding hydrogens is 310 g/mol. The van der Waals surface area contributed by atoms with Crippen LogP contribution in [0.25, 0.3) is 0 Å². The third-order valence-corrected chi connectivity index (χ3v) is 4.10. The number of aromatic nitrogens is 3. The molecule has 0 bridgehead atoms. The van der Waals surface area contributed by atoms with Crippen LogP contribution < -0.4 is 5.32 Å². The first-order chi connectivity index (χ1) is 11.0. The van der Waals surface area contributed by atoms with E-state index in [-0.39, 0.29) is 11.9 Å². The van der Waals surface area contributed by atoms with Gasteiger partial charge in [0.1, 0.15) is 6.33 Å². The van der Waals surface area contributed by atoms with Crippen molar-refractivity contribution in [3.05, 3.63) is 36.2 Å². The van der Waals surface area contributed by atoms with Crippen molar-refractivity contribution in [1.82, 2.24) is 19.7 Å². The van der Waals surface area contributed by atoms with Gasteiger partial charge in [-0.2, -0.15) is 0 Å². The van der Waals surface area contributed by atoms with Gasteiger partial charge >= 0.3 is 0 Å². The van der Waals surface area contributed by atoms with E-state index in [4.69, 9.17) is 0 Å². The summed E-state index contributed by atoms with van der Waals surface area (Å²) in [5.41, 5.74) is 1.99. The lowest BCUT2D eigenvalue weighted by Gasteiger charge is -2.12. The van der Waals surface area contributed by atoms with Crippen molar-refractivity contribution >= 4 is 23.4 Å². The molecule has 1 amide bonds. The maximum Gasteiger partial charge on any atom is 0.234 e. The molecule has 1 aromatic carbocycles. The number of carbonyl (C=O) groups is 1. The largest absolute Gasteiger partial charge is 0.325 e. The van der Waals surface area contributed by atoms with Crippen molar-refractivity contribution in [1.29, 1.82) is 0 Å². The van der Waals surface area contributed by atoms with Gasteiger partial charge in [-0.25, -0.2) is 0 Å². The minimum atomic E-state index is -0.0460. The molecule has 0 radical (unpaired) electrons. The van der Waals surface area contributed by atoms with E-state index in [0.29, 0.717) is 5.75 Å². The topological polar surface area (TPSA) is 63.1 Å². The molecule has 0 saturated heterocycles. The summed E-state index contributed by atoms with van der Waals surface area (Å²) in [5.74, 6) is 0.263. The number of amides is 1. The minimum Gasteiger partial charge on any atom is -0.325 e. The maximum absolute atomic E-state index is 12.1. The Balaban J connectivity index is 1.91. The first kappa shape index (κ1) is 17.5. The molecule has 0 unspecified atom stereocenters. The molecule has 1 heterocycles. The van der Waals surface area contributed by atoms with Crippen LogP contribution in [0.15, 0.2) is 35.7 Å². The molecule has 0 spiro atoms. The lowest BCUT2D eigenvalue weighted by molar-refractivity contribution is -0.113. The van der Waals surface area contributed by atoms with Crippen LogP contribution >= 0.6 is 11.8 Å². The summed E-state index contributed by atoms with van der Waals surface area (Å²) < 4.78 is 1.95. The molecule has 0 atom stereocenters. The zero-order valence-electron chi connectivity index (χ0n) is 14.0. The number of thioether (sulfide) groups is 1. The number of rotatable bonds is 7. The Kier molecular flexibility index (Phi) is 6.18. The average molecular weight is 333 g/mol. The van der Waals surface area contributed by atoms with Gasteiger partial charge in [-0.3, -0.25) is 4.79 Å². The molecule has 0 aliphatic rings. The molecule has 2 rings (SSSR count). The van der Waals surface area contributed by atoms with E-state index in [1.807, 2.05) is 36.9 Å². The SMILES string of the molecule is CC(C)n1cnnc1SCC(=O)Nc1cccc(CN(C)C)c1. The molecular formula is C16H23N5OS. The predicted octanol–water partition coefficient (Wildman–Crippen LogP) is 2.65. The van der Waals surface area contributed by atoms with E-state index in [9.17, 15) is 4.79 Å². The van der Waals surface area contributed by atoms with Crippen molar-refractivity contribution in [2.75, 3.05) is 25.2 Å². The summed E-state index contributed by atoms with van der Waals surface area (Å²) in [6, 6.07) is 8.18. The fourth-order valence-electron chi connectivity index (χ4n) is 2.13. The molecule has 6 nitrogen and oxygen atoms in total. The highest BCUT2D eigenvalue weighted by molar-refractivity contribution is 7.99. The fraction of sp³-hybridized carbons (Fsp3) is 0.438. The third kappa shape index (κ3) is 5.37. The molecule has 1 aromatic heterocycles. The van der Waals surface area contributed by atoms with Crippen LogP contribution in [-0.4, -0.2) is 45.4 Å². The predicted molar refractivity (Wildman–Crippen MR) is 93.6 cm³/mol. The molecule has 1 N–H and O–H groups in total. The van der Waals surface area contributed by atoms with Gasteiger partial charge in [0.15, 0.2) is 5.16 Å². The fourth-order valence-corrected chi connectivity index (χ4v) is 2.97. The zero-order valence-corrected chi connectivity index (χ0v) is 14.8. The van der Waals surface area contributed by atoms with Crippen LogP contribution in [0.5, 0.6) is 0 Å². The Bertz CT molecular complexity index is 653. The molecule has 0 aliphatic heterocycles. The number of carbonyl (C=O) groups excluding carboxylic acids is 1. The molecule has 7 heteroatoms. The van der Waals surface area contributed by atoms with E-state index in [1.54, 1.807) is 6.33 Å². The summed E-state index contributed by atoms with van der Waals surface area (Å²) in [6.45, 7) is 4.96. The second kappa shape index (κ2) is 8.12. The number of nitrogens with zero attached hydrogens (tertiary/aromatic N) is 4. The van der Waals surface area contributed by atoms with Gasteiger partial charge in [0, 0.05) is 18.3 Å². The van der Waals surface area contributed by atoms with Gasteiger partial charge in [0.05, 0.1) is 5.75 Å². The Morgan fingerprint density at radius 3 is 2.87 bits per heavy atom. The summed E-state index contributed by atoms with van der Waals surface area (Å²) >= 11 is 1.39. The summed E-state index contributed by atoms with van der Waals surface area (Å²) in [6.07, 6.45) is 1.69. The van der Waals surface area contributed by atoms with Crippen LogP contribution in [0.2, 0.25) is 0 Å². The molecule has 2 aromatic rings. The smallest absolute Gasteiger partial charge is 0.234 e. The Hall–Kier alpha value is -1.86. The number of nitrogens with one attached hydrogen (secondary N) is 1. The van der Waals surface area contributed by atoms with E-state index in [1.165, 1.54) is 17.3 Å². The summed E-state index contributed by atoms with van der Waals surface area (Å²) in [7, 11) is 4.04. The number of benzene rings is 1. The van der Waals surface area contributed by atoms with E-state index < -0.39 is 0 Å². The highest BCUT2D eigenvalue weighted by atomic mass is 32.2. The minimum absolute atomic E-state index is 0.0460. The molecule has 0 fully saturated rings. The van der Waals surface area contributed by atoms with Gasteiger partial charge in [0.2, 0.25) is 5.91 Å². The highest BCUT2D eigenvalue weighted by Gasteiger charge is 2.11. The van der Waals surface area contributed by atoms with E-state index >= 15 is 0 Å². The second-order valence-electron chi connectivity index (χ2n) is 5.89. The molecule has 0 saturated carbocycles. The monoisotopic (exact) mass is 333 g/mol. The summed E-state index contributed by atoms with van der Waals surface area (Å²) in [4.78, 5) is 14.2. The van der Waals surface area contributed by atoms with Crippen LogP contribution in [0, 0.1) is 0 Å². The van der Waals surface area contributed by atoms with Crippen molar-refractivity contribution in [3.8, 4) is 0 Å². The lowest BCUT2D eigenvalue weighted by Crippen LogP contribution is -2.15. The Morgan fingerprint density at radius 2 is 2.17 bits per heavy atom. The number of hydrogen-bond donors (Lipinski definition) is 1. The van der Waals surface area contributed by atoms with E-state index in [2.05, 4.69) is 40.3 Å². The van der Waals surface area contributed by atoms with Crippen LogP contribution in [0.4, 0.5) is 5.69 Å². The molecule has 124 valence electrons. The normalized spacial score (nSPS) is 11.2. The van der Waals surface area contributed by atoms with Gasteiger partial charge in [-0.05, 0) is 45.6 Å². The highest BCUT2D eigenvalue weighted by Crippen LogP contribution is 2.19. The van der Waals surface area contributed by atoms with E-state index in [0.717, 1.165) is 17.4 Å². The van der Waals surface area contributed by atoms with Crippen LogP contribution in [0.1, 0.15) is 25.5 Å². The van der Waals surface area contributed by atoms with Crippen LogP contribution in [0.3, 0.4) is 0 Å². The Morgan fingerprint density at radius 1 is 1.39 bits per heavy atom. The first-order valence-electron chi connectivity index (χ1n) is 7.51. The summed E-state index contributed by atoms with van der Waals surface area (Å²) in [5, 5.41) is 11.6. The van der Waals surface area contributed by atoms with Gasteiger partial charge in [-0.15, -0.1) is 10.2 Å². The molecule has 23 heavy (non-hydrogen) atoms. The van der Waals surface area contributed by atoms with Gasteiger partial charge < -0.3 is 14.8 Å². The second-order valence-corrected chi connectivity index (χ2v) is 6.83. The quantitative estimate of drug-likeness (QED) is 0.789. The first-order valence-corrected chi connectivity index (χ1v) is 8.50. The number of anilines is 1. The standard InChI is InChI=1S/C16H23N5OS/c1-12(2)21-11-17-19-16(21)23-10-15(22)18-14-7-5-6-13(8-14)9-20(3)4/h5-8,11-12H,9-10H2,1-4H3,(H,18,22). The van der Waals surface area contributed by atoms with Crippen molar-refractivity contribution in [3.63, 3.8) is 0 Å². The van der Waals surface area contributed by atoms with Crippen molar-refractivity contribution in [2.45, 2.75) is 31.6 Å². The van der Waals surface area contributed by atoms with Crippen LogP contribution in [-0.2, 0) is 11.3 Å². The average Bonchev–Trinajstić information content (AvgIpc) is 2.93. The zero-order chi connectivity index (χ0) is 16.8. The molecule has 0 aliphatic carbocycles.